The highest BCUT2D eigenvalue weighted by molar-refractivity contribution is 5.89. The van der Waals surface area contributed by atoms with E-state index >= 15 is 0 Å². The molecule has 0 saturated heterocycles. The highest BCUT2D eigenvalue weighted by Gasteiger charge is 2.39. The minimum atomic E-state index is -0.445. The highest BCUT2D eigenvalue weighted by Crippen LogP contribution is 2.39. The van der Waals surface area contributed by atoms with Gasteiger partial charge in [0.15, 0.2) is 0 Å². The molecule has 0 heterocycles. The van der Waals surface area contributed by atoms with E-state index in [0.717, 1.165) is 25.7 Å². The lowest BCUT2D eigenvalue weighted by atomic mass is 10.2. The molecule has 0 radical (unpaired) electrons. The van der Waals surface area contributed by atoms with E-state index in [1.54, 1.807) is 12.1 Å². The summed E-state index contributed by atoms with van der Waals surface area (Å²) >= 11 is 0. The molecule has 3 nitrogen and oxygen atoms in total. The summed E-state index contributed by atoms with van der Waals surface area (Å²) in [6.07, 6.45) is 3.24. The highest BCUT2D eigenvalue weighted by atomic mass is 16.5. The van der Waals surface area contributed by atoms with Crippen molar-refractivity contribution >= 4 is 5.97 Å². The molecule has 1 N–H and O–H groups in total. The van der Waals surface area contributed by atoms with Crippen LogP contribution >= 0.6 is 0 Å². The minimum absolute atomic E-state index is 0.289. The maximum absolute atomic E-state index is 11.5. The lowest BCUT2D eigenvalue weighted by Gasteiger charge is -2.07. The van der Waals surface area contributed by atoms with Crippen LogP contribution in [0.15, 0.2) is 30.3 Å². The molecule has 0 unspecified atom stereocenters. The first-order valence-corrected chi connectivity index (χ1v) is 5.64. The summed E-state index contributed by atoms with van der Waals surface area (Å²) < 4.78 is 5.10. The van der Waals surface area contributed by atoms with E-state index in [4.69, 9.17) is 4.74 Å². The molecule has 2 rings (SSSR count). The summed E-state index contributed by atoms with van der Waals surface area (Å²) in [4.78, 5) is 11.5. The van der Waals surface area contributed by atoms with Crippen LogP contribution in [0.4, 0.5) is 0 Å². The Morgan fingerprint density at radius 3 is 2.62 bits per heavy atom. The zero-order valence-corrected chi connectivity index (χ0v) is 9.19. The van der Waals surface area contributed by atoms with Gasteiger partial charge in [-0.1, -0.05) is 18.2 Å². The Balaban J connectivity index is 1.68. The van der Waals surface area contributed by atoms with Gasteiger partial charge in [-0.3, -0.25) is 0 Å². The van der Waals surface area contributed by atoms with Gasteiger partial charge in [-0.2, -0.15) is 0 Å². The first-order chi connectivity index (χ1) is 7.70. The number of hydrogen-bond donors (Lipinski definition) is 1. The van der Waals surface area contributed by atoms with E-state index in [-0.39, 0.29) is 5.97 Å². The van der Waals surface area contributed by atoms with Crippen LogP contribution < -0.4 is 0 Å². The van der Waals surface area contributed by atoms with Gasteiger partial charge in [0.05, 0.1) is 17.8 Å². The van der Waals surface area contributed by atoms with Crippen molar-refractivity contribution in [2.45, 2.75) is 31.3 Å². The van der Waals surface area contributed by atoms with Crippen LogP contribution in [0.25, 0.3) is 0 Å². The van der Waals surface area contributed by atoms with E-state index in [1.807, 2.05) is 18.2 Å². The van der Waals surface area contributed by atoms with Gasteiger partial charge in [0, 0.05) is 0 Å². The third-order valence-corrected chi connectivity index (χ3v) is 2.86. The summed E-state index contributed by atoms with van der Waals surface area (Å²) in [5, 5.41) is 9.57. The molecular formula is C13H16O3. The van der Waals surface area contributed by atoms with Gasteiger partial charge in [-0.25, -0.2) is 4.79 Å². The van der Waals surface area contributed by atoms with Gasteiger partial charge in [-0.05, 0) is 37.8 Å². The molecule has 1 aliphatic rings. The van der Waals surface area contributed by atoms with Gasteiger partial charge in [0.2, 0.25) is 0 Å². The number of hydrogen-bond acceptors (Lipinski definition) is 3. The van der Waals surface area contributed by atoms with Crippen LogP contribution in [-0.2, 0) is 4.74 Å². The molecule has 1 aromatic rings. The Labute approximate surface area is 95.0 Å². The van der Waals surface area contributed by atoms with Crippen LogP contribution in [-0.4, -0.2) is 23.3 Å². The summed E-state index contributed by atoms with van der Waals surface area (Å²) in [7, 11) is 0. The van der Waals surface area contributed by atoms with Gasteiger partial charge >= 0.3 is 5.97 Å². The first kappa shape index (κ1) is 11.1. The lowest BCUT2D eigenvalue weighted by molar-refractivity contribution is 0.0467. The third kappa shape index (κ3) is 3.07. The van der Waals surface area contributed by atoms with E-state index in [1.165, 1.54) is 0 Å². The average molecular weight is 220 g/mol. The molecule has 1 saturated carbocycles. The Bertz CT molecular complexity index is 355. The monoisotopic (exact) mass is 220 g/mol. The fraction of sp³-hybridized carbons (Fsp3) is 0.462. The summed E-state index contributed by atoms with van der Waals surface area (Å²) in [5.74, 6) is -0.289. The molecule has 0 amide bonds. The van der Waals surface area contributed by atoms with E-state index in [0.29, 0.717) is 12.2 Å². The molecule has 3 heteroatoms. The van der Waals surface area contributed by atoms with E-state index in [2.05, 4.69) is 0 Å². The first-order valence-electron chi connectivity index (χ1n) is 5.64. The van der Waals surface area contributed by atoms with Crippen molar-refractivity contribution in [3.05, 3.63) is 35.9 Å². The summed E-state index contributed by atoms with van der Waals surface area (Å²) in [6, 6.07) is 8.94. The zero-order valence-electron chi connectivity index (χ0n) is 9.19. The predicted molar refractivity (Wildman–Crippen MR) is 60.1 cm³/mol. The van der Waals surface area contributed by atoms with Crippen molar-refractivity contribution in [2.24, 2.45) is 0 Å². The Morgan fingerprint density at radius 2 is 2.00 bits per heavy atom. The molecule has 1 aliphatic carbocycles. The molecule has 16 heavy (non-hydrogen) atoms. The van der Waals surface area contributed by atoms with Crippen LogP contribution in [0.5, 0.6) is 0 Å². The van der Waals surface area contributed by atoms with Crippen molar-refractivity contribution < 1.29 is 14.6 Å². The molecule has 0 aromatic heterocycles. The number of carbonyl (C=O) groups is 1. The predicted octanol–water partition coefficient (Wildman–Crippen LogP) is 2.15. The third-order valence-electron chi connectivity index (χ3n) is 2.86. The Morgan fingerprint density at radius 1 is 1.31 bits per heavy atom. The summed E-state index contributed by atoms with van der Waals surface area (Å²) in [6.45, 7) is 0.385. The second-order valence-corrected chi connectivity index (χ2v) is 4.33. The van der Waals surface area contributed by atoms with Gasteiger partial charge < -0.3 is 9.84 Å². The van der Waals surface area contributed by atoms with Crippen molar-refractivity contribution in [2.75, 3.05) is 6.61 Å². The molecule has 0 atom stereocenters. The van der Waals surface area contributed by atoms with E-state index in [9.17, 15) is 9.90 Å². The number of benzene rings is 1. The molecule has 0 bridgehead atoms. The van der Waals surface area contributed by atoms with Crippen LogP contribution in [0.2, 0.25) is 0 Å². The fourth-order valence-corrected chi connectivity index (χ4v) is 1.62. The normalized spacial score (nSPS) is 16.8. The summed E-state index contributed by atoms with van der Waals surface area (Å²) in [5.41, 5.74) is 0.131. The van der Waals surface area contributed by atoms with E-state index < -0.39 is 5.60 Å². The van der Waals surface area contributed by atoms with Gasteiger partial charge in [0.1, 0.15) is 0 Å². The smallest absolute Gasteiger partial charge is 0.338 e. The maximum Gasteiger partial charge on any atom is 0.338 e. The quantitative estimate of drug-likeness (QED) is 0.611. The van der Waals surface area contributed by atoms with Crippen molar-refractivity contribution in [3.63, 3.8) is 0 Å². The van der Waals surface area contributed by atoms with Crippen LogP contribution in [0.1, 0.15) is 36.0 Å². The molecule has 1 aromatic carbocycles. The number of carbonyl (C=O) groups excluding carboxylic acids is 1. The zero-order chi connectivity index (χ0) is 11.4. The number of rotatable bonds is 5. The standard InChI is InChI=1S/C13H16O3/c14-12(11-5-2-1-3-6-11)16-10-4-7-13(15)8-9-13/h1-3,5-6,15H,4,7-10H2. The minimum Gasteiger partial charge on any atom is -0.462 e. The molecule has 1 fully saturated rings. The van der Waals surface area contributed by atoms with Crippen molar-refractivity contribution in [1.29, 1.82) is 0 Å². The molecule has 0 aliphatic heterocycles. The SMILES string of the molecule is O=C(OCCCC1(O)CC1)c1ccccc1. The van der Waals surface area contributed by atoms with Crippen LogP contribution in [0.3, 0.4) is 0 Å². The Kier molecular flexibility index (Phi) is 3.25. The average Bonchev–Trinajstić information content (AvgIpc) is 3.04. The number of esters is 1. The van der Waals surface area contributed by atoms with Gasteiger partial charge in [0.25, 0.3) is 0 Å². The second-order valence-electron chi connectivity index (χ2n) is 4.33. The largest absolute Gasteiger partial charge is 0.462 e. The fourth-order valence-electron chi connectivity index (χ4n) is 1.62. The maximum atomic E-state index is 11.5. The molecule has 0 spiro atoms. The van der Waals surface area contributed by atoms with Crippen molar-refractivity contribution in [3.8, 4) is 0 Å². The van der Waals surface area contributed by atoms with Crippen molar-refractivity contribution in [1.82, 2.24) is 0 Å². The lowest BCUT2D eigenvalue weighted by Crippen LogP contribution is -2.11. The number of aliphatic hydroxyl groups is 1. The number of ether oxygens (including phenoxy) is 1. The molecular weight excluding hydrogens is 204 g/mol. The Hall–Kier alpha value is -1.35. The van der Waals surface area contributed by atoms with Gasteiger partial charge in [-0.15, -0.1) is 0 Å². The second kappa shape index (κ2) is 4.66. The van der Waals surface area contributed by atoms with Crippen LogP contribution in [0, 0.1) is 0 Å². The molecule has 86 valence electrons. The topological polar surface area (TPSA) is 46.5 Å².